The standard InChI is InChI=1S/C14H11ClN2O2/c1-18-9-10-3-2-4-12(5-10)19-14-7-11(8-16)6-13(15)17-14/h2-7H,9H2,1H3. The van der Waals surface area contributed by atoms with E-state index in [1.54, 1.807) is 13.2 Å². The highest BCUT2D eigenvalue weighted by Gasteiger charge is 2.04. The molecule has 1 aromatic carbocycles. The van der Waals surface area contributed by atoms with E-state index in [-0.39, 0.29) is 5.15 Å². The van der Waals surface area contributed by atoms with Crippen LogP contribution in [0.3, 0.4) is 0 Å². The van der Waals surface area contributed by atoms with Crippen LogP contribution in [0, 0.1) is 11.3 Å². The van der Waals surface area contributed by atoms with E-state index in [0.29, 0.717) is 23.8 Å². The molecule has 0 fully saturated rings. The van der Waals surface area contributed by atoms with Crippen molar-refractivity contribution in [2.75, 3.05) is 7.11 Å². The first-order valence-electron chi connectivity index (χ1n) is 5.54. The molecule has 0 saturated heterocycles. The summed E-state index contributed by atoms with van der Waals surface area (Å²) in [5.41, 5.74) is 1.39. The van der Waals surface area contributed by atoms with Crippen molar-refractivity contribution in [2.24, 2.45) is 0 Å². The molecule has 0 radical (unpaired) electrons. The minimum Gasteiger partial charge on any atom is -0.439 e. The molecular formula is C14H11ClN2O2. The molecule has 1 aromatic heterocycles. The highest BCUT2D eigenvalue weighted by Crippen LogP contribution is 2.23. The summed E-state index contributed by atoms with van der Waals surface area (Å²) in [7, 11) is 1.63. The van der Waals surface area contributed by atoms with Gasteiger partial charge in [0.1, 0.15) is 10.9 Å². The number of benzene rings is 1. The number of halogens is 1. The van der Waals surface area contributed by atoms with Gasteiger partial charge < -0.3 is 9.47 Å². The Morgan fingerprint density at radius 1 is 1.32 bits per heavy atom. The van der Waals surface area contributed by atoms with Crippen LogP contribution in [0.2, 0.25) is 5.15 Å². The largest absolute Gasteiger partial charge is 0.439 e. The zero-order valence-electron chi connectivity index (χ0n) is 10.3. The van der Waals surface area contributed by atoms with Crippen LogP contribution in [-0.4, -0.2) is 12.1 Å². The minimum atomic E-state index is 0.224. The third-order valence-electron chi connectivity index (χ3n) is 2.33. The molecule has 2 rings (SSSR count). The van der Waals surface area contributed by atoms with E-state index in [0.717, 1.165) is 5.56 Å². The lowest BCUT2D eigenvalue weighted by Crippen LogP contribution is -1.92. The van der Waals surface area contributed by atoms with E-state index in [9.17, 15) is 0 Å². The number of methoxy groups -OCH3 is 1. The summed E-state index contributed by atoms with van der Waals surface area (Å²) < 4.78 is 10.6. The number of nitriles is 1. The predicted molar refractivity (Wildman–Crippen MR) is 71.2 cm³/mol. The molecule has 5 heteroatoms. The van der Waals surface area contributed by atoms with Crippen LogP contribution in [-0.2, 0) is 11.3 Å². The summed E-state index contributed by atoms with van der Waals surface area (Å²) in [6.45, 7) is 0.504. The molecule has 0 bridgehead atoms. The lowest BCUT2D eigenvalue weighted by atomic mass is 10.2. The molecule has 0 atom stereocenters. The van der Waals surface area contributed by atoms with E-state index in [1.807, 2.05) is 24.3 Å². The smallest absolute Gasteiger partial charge is 0.221 e. The van der Waals surface area contributed by atoms with Crippen LogP contribution in [0.4, 0.5) is 0 Å². The Balaban J connectivity index is 2.23. The Kier molecular flexibility index (Phi) is 4.35. The molecule has 0 N–H and O–H groups in total. The summed E-state index contributed by atoms with van der Waals surface area (Å²) in [5.74, 6) is 0.909. The number of aromatic nitrogens is 1. The van der Waals surface area contributed by atoms with Crippen molar-refractivity contribution in [3.63, 3.8) is 0 Å². The van der Waals surface area contributed by atoms with Gasteiger partial charge in [0.15, 0.2) is 0 Å². The number of rotatable bonds is 4. The second-order valence-electron chi connectivity index (χ2n) is 3.81. The number of ether oxygens (including phenoxy) is 2. The fourth-order valence-corrected chi connectivity index (χ4v) is 1.78. The van der Waals surface area contributed by atoms with E-state index in [2.05, 4.69) is 4.98 Å². The van der Waals surface area contributed by atoms with Crippen molar-refractivity contribution in [3.8, 4) is 17.7 Å². The maximum atomic E-state index is 8.86. The Morgan fingerprint density at radius 3 is 2.89 bits per heavy atom. The molecule has 4 nitrogen and oxygen atoms in total. The first-order valence-corrected chi connectivity index (χ1v) is 5.92. The molecule has 96 valence electrons. The van der Waals surface area contributed by atoms with Gasteiger partial charge in [0, 0.05) is 13.2 Å². The van der Waals surface area contributed by atoms with E-state index < -0.39 is 0 Å². The molecule has 0 saturated carbocycles. The minimum absolute atomic E-state index is 0.224. The van der Waals surface area contributed by atoms with Gasteiger partial charge in [0.25, 0.3) is 0 Å². The summed E-state index contributed by atoms with van der Waals surface area (Å²) in [4.78, 5) is 4.01. The fraction of sp³-hybridized carbons (Fsp3) is 0.143. The molecule has 0 aliphatic rings. The van der Waals surface area contributed by atoms with Gasteiger partial charge in [-0.1, -0.05) is 23.7 Å². The fourth-order valence-electron chi connectivity index (χ4n) is 1.58. The number of hydrogen-bond donors (Lipinski definition) is 0. The lowest BCUT2D eigenvalue weighted by molar-refractivity contribution is 0.184. The van der Waals surface area contributed by atoms with Crippen molar-refractivity contribution in [2.45, 2.75) is 6.61 Å². The SMILES string of the molecule is COCc1cccc(Oc2cc(C#N)cc(Cl)n2)c1. The molecule has 0 amide bonds. The van der Waals surface area contributed by atoms with Gasteiger partial charge >= 0.3 is 0 Å². The number of nitrogens with zero attached hydrogens (tertiary/aromatic N) is 2. The Hall–Kier alpha value is -2.09. The van der Waals surface area contributed by atoms with Crippen molar-refractivity contribution in [1.29, 1.82) is 5.26 Å². The second-order valence-corrected chi connectivity index (χ2v) is 4.20. The van der Waals surface area contributed by atoms with Gasteiger partial charge in [-0.15, -0.1) is 0 Å². The van der Waals surface area contributed by atoms with E-state index in [4.69, 9.17) is 26.3 Å². The predicted octanol–water partition coefficient (Wildman–Crippen LogP) is 3.55. The molecule has 19 heavy (non-hydrogen) atoms. The first-order chi connectivity index (χ1) is 9.21. The molecule has 2 aromatic rings. The Labute approximate surface area is 116 Å². The molecule has 1 heterocycles. The first kappa shape index (κ1) is 13.3. The van der Waals surface area contributed by atoms with E-state index >= 15 is 0 Å². The molecule has 0 aliphatic carbocycles. The molecule has 0 spiro atoms. The summed E-state index contributed by atoms with van der Waals surface area (Å²) in [6.07, 6.45) is 0. The van der Waals surface area contributed by atoms with Gasteiger partial charge in [-0.25, -0.2) is 4.98 Å². The number of pyridine rings is 1. The highest BCUT2D eigenvalue weighted by molar-refractivity contribution is 6.29. The molecular weight excluding hydrogens is 264 g/mol. The third-order valence-corrected chi connectivity index (χ3v) is 2.53. The summed E-state index contributed by atoms with van der Waals surface area (Å²) in [6, 6.07) is 12.5. The van der Waals surface area contributed by atoms with Crippen molar-refractivity contribution in [3.05, 3.63) is 52.7 Å². The molecule has 0 unspecified atom stereocenters. The topological polar surface area (TPSA) is 55.1 Å². The highest BCUT2D eigenvalue weighted by atomic mass is 35.5. The number of hydrogen-bond acceptors (Lipinski definition) is 4. The van der Waals surface area contributed by atoms with Gasteiger partial charge in [-0.05, 0) is 23.8 Å². The zero-order chi connectivity index (χ0) is 13.7. The van der Waals surface area contributed by atoms with Gasteiger partial charge in [0.2, 0.25) is 5.88 Å². The van der Waals surface area contributed by atoms with Gasteiger partial charge in [0.05, 0.1) is 18.2 Å². The second kappa shape index (κ2) is 6.19. The van der Waals surface area contributed by atoms with Crippen LogP contribution in [0.25, 0.3) is 0 Å². The van der Waals surface area contributed by atoms with Gasteiger partial charge in [-0.3, -0.25) is 0 Å². The Bertz CT molecular complexity index is 623. The average molecular weight is 275 g/mol. The third kappa shape index (κ3) is 3.68. The van der Waals surface area contributed by atoms with Gasteiger partial charge in [-0.2, -0.15) is 5.26 Å². The maximum Gasteiger partial charge on any atom is 0.221 e. The van der Waals surface area contributed by atoms with Crippen molar-refractivity contribution >= 4 is 11.6 Å². The van der Waals surface area contributed by atoms with E-state index in [1.165, 1.54) is 12.1 Å². The van der Waals surface area contributed by atoms with Crippen molar-refractivity contribution < 1.29 is 9.47 Å². The van der Waals surface area contributed by atoms with Crippen LogP contribution in [0.5, 0.6) is 11.6 Å². The van der Waals surface area contributed by atoms with Crippen LogP contribution in [0.1, 0.15) is 11.1 Å². The monoisotopic (exact) mass is 274 g/mol. The van der Waals surface area contributed by atoms with Crippen LogP contribution >= 0.6 is 11.6 Å². The average Bonchev–Trinajstić information content (AvgIpc) is 2.39. The van der Waals surface area contributed by atoms with Crippen LogP contribution in [0.15, 0.2) is 36.4 Å². The summed E-state index contributed by atoms with van der Waals surface area (Å²) >= 11 is 5.81. The lowest BCUT2D eigenvalue weighted by Gasteiger charge is -2.07. The molecule has 0 aliphatic heterocycles. The Morgan fingerprint density at radius 2 is 2.16 bits per heavy atom. The summed E-state index contributed by atoms with van der Waals surface area (Å²) in [5, 5.41) is 9.08. The van der Waals surface area contributed by atoms with Crippen molar-refractivity contribution in [1.82, 2.24) is 4.98 Å². The zero-order valence-corrected chi connectivity index (χ0v) is 11.0. The normalized spacial score (nSPS) is 9.95. The maximum absolute atomic E-state index is 8.86. The quantitative estimate of drug-likeness (QED) is 0.800. The van der Waals surface area contributed by atoms with Crippen LogP contribution < -0.4 is 4.74 Å².